The molecule has 5 rings (SSSR count). The van der Waals surface area contributed by atoms with Crippen LogP contribution in [0.25, 0.3) is 0 Å². The lowest BCUT2D eigenvalue weighted by molar-refractivity contribution is 0.0674. The number of anilines is 1. The molecule has 0 aliphatic carbocycles. The summed E-state index contributed by atoms with van der Waals surface area (Å²) in [4.78, 5) is 15.3. The molecule has 2 unspecified atom stereocenters. The molecule has 0 radical (unpaired) electrons. The number of hydrogen-bond donors (Lipinski definition) is 1. The first kappa shape index (κ1) is 20.6. The monoisotopic (exact) mass is 428 g/mol. The lowest BCUT2D eigenvalue weighted by Gasteiger charge is -2.38. The molecular weight excluding hydrogens is 400 g/mol. The van der Waals surface area contributed by atoms with Crippen molar-refractivity contribution < 1.29 is 14.3 Å². The quantitative estimate of drug-likeness (QED) is 0.572. The van der Waals surface area contributed by atoms with Gasteiger partial charge < -0.3 is 19.7 Å². The van der Waals surface area contributed by atoms with E-state index in [1.54, 1.807) is 0 Å². The Bertz CT molecular complexity index is 1050. The molecule has 3 aromatic rings. The molecule has 2 heterocycles. The molecule has 0 spiro atoms. The summed E-state index contributed by atoms with van der Waals surface area (Å²) in [7, 11) is 0. The lowest BCUT2D eigenvalue weighted by Crippen LogP contribution is -2.43. The zero-order chi connectivity index (χ0) is 21.8. The third-order valence-corrected chi connectivity index (χ3v) is 6.16. The van der Waals surface area contributed by atoms with Crippen LogP contribution in [0.3, 0.4) is 0 Å². The summed E-state index contributed by atoms with van der Waals surface area (Å²) >= 11 is 0. The SMILES string of the molecule is O=C1c2ccccc2NC(c2ccc(OCC3CCCO3)cc2)N1CCc1ccccc1. The summed E-state index contributed by atoms with van der Waals surface area (Å²) in [6, 6.07) is 26.0. The Morgan fingerprint density at radius 1 is 0.969 bits per heavy atom. The Labute approximate surface area is 189 Å². The highest BCUT2D eigenvalue weighted by molar-refractivity contribution is 6.01. The second kappa shape index (κ2) is 9.45. The number of ether oxygens (including phenoxy) is 2. The molecule has 5 heteroatoms. The van der Waals surface area contributed by atoms with Crippen LogP contribution in [0.1, 0.15) is 40.5 Å². The summed E-state index contributed by atoms with van der Waals surface area (Å²) in [6.45, 7) is 2.04. The van der Waals surface area contributed by atoms with Gasteiger partial charge in [0.25, 0.3) is 5.91 Å². The van der Waals surface area contributed by atoms with Gasteiger partial charge in [0.1, 0.15) is 18.5 Å². The molecule has 3 aromatic carbocycles. The predicted octanol–water partition coefficient (Wildman–Crippen LogP) is 5.05. The van der Waals surface area contributed by atoms with Crippen molar-refractivity contribution in [2.75, 3.05) is 25.1 Å². The van der Waals surface area contributed by atoms with E-state index < -0.39 is 0 Å². The summed E-state index contributed by atoms with van der Waals surface area (Å²) in [6.07, 6.45) is 2.93. The maximum Gasteiger partial charge on any atom is 0.257 e. The Kier molecular flexibility index (Phi) is 6.08. The third kappa shape index (κ3) is 4.48. The predicted molar refractivity (Wildman–Crippen MR) is 125 cm³/mol. The number of benzene rings is 3. The molecule has 2 aliphatic heterocycles. The van der Waals surface area contributed by atoms with Gasteiger partial charge >= 0.3 is 0 Å². The first-order valence-corrected chi connectivity index (χ1v) is 11.3. The zero-order valence-corrected chi connectivity index (χ0v) is 18.1. The number of carbonyl (C=O) groups is 1. The number of nitrogens with zero attached hydrogens (tertiary/aromatic N) is 1. The van der Waals surface area contributed by atoms with E-state index in [1.165, 1.54) is 5.56 Å². The highest BCUT2D eigenvalue weighted by Gasteiger charge is 2.32. The average molecular weight is 429 g/mol. The number of carbonyl (C=O) groups excluding carboxylic acids is 1. The molecule has 1 saturated heterocycles. The topological polar surface area (TPSA) is 50.8 Å². The second-order valence-electron chi connectivity index (χ2n) is 8.34. The van der Waals surface area contributed by atoms with Crippen molar-refractivity contribution in [3.63, 3.8) is 0 Å². The standard InChI is InChI=1S/C27H28N2O3/c30-27-24-10-4-5-11-25(24)28-26(29(27)17-16-20-7-2-1-3-8-20)21-12-14-22(15-13-21)32-19-23-9-6-18-31-23/h1-5,7-8,10-15,23,26,28H,6,9,16-19H2. The van der Waals surface area contributed by atoms with Crippen molar-refractivity contribution >= 4 is 11.6 Å². The fourth-order valence-electron chi connectivity index (χ4n) is 4.39. The van der Waals surface area contributed by atoms with E-state index in [0.29, 0.717) is 18.7 Å². The molecule has 0 bridgehead atoms. The fraction of sp³-hybridized carbons (Fsp3) is 0.296. The van der Waals surface area contributed by atoms with Crippen LogP contribution >= 0.6 is 0 Å². The van der Waals surface area contributed by atoms with Crippen LogP contribution in [0.4, 0.5) is 5.69 Å². The molecule has 2 atom stereocenters. The van der Waals surface area contributed by atoms with Crippen LogP contribution in [0, 0.1) is 0 Å². The maximum atomic E-state index is 13.4. The second-order valence-corrected chi connectivity index (χ2v) is 8.34. The van der Waals surface area contributed by atoms with Crippen molar-refractivity contribution in [2.45, 2.75) is 31.5 Å². The van der Waals surface area contributed by atoms with Gasteiger partial charge in [0.15, 0.2) is 0 Å². The van der Waals surface area contributed by atoms with Gasteiger partial charge in [-0.3, -0.25) is 4.79 Å². The van der Waals surface area contributed by atoms with E-state index in [4.69, 9.17) is 9.47 Å². The average Bonchev–Trinajstić information content (AvgIpc) is 3.37. The van der Waals surface area contributed by atoms with E-state index in [-0.39, 0.29) is 18.2 Å². The maximum absolute atomic E-state index is 13.4. The van der Waals surface area contributed by atoms with E-state index in [2.05, 4.69) is 17.4 Å². The largest absolute Gasteiger partial charge is 0.491 e. The van der Waals surface area contributed by atoms with Gasteiger partial charge in [-0.2, -0.15) is 0 Å². The molecule has 1 N–H and O–H groups in total. The van der Waals surface area contributed by atoms with Crippen LogP contribution in [0.2, 0.25) is 0 Å². The number of nitrogens with one attached hydrogen (secondary N) is 1. The van der Waals surface area contributed by atoms with E-state index in [9.17, 15) is 4.79 Å². The van der Waals surface area contributed by atoms with Crippen LogP contribution in [-0.2, 0) is 11.2 Å². The van der Waals surface area contributed by atoms with Crippen molar-refractivity contribution in [1.82, 2.24) is 4.90 Å². The number of hydrogen-bond acceptors (Lipinski definition) is 4. The minimum Gasteiger partial charge on any atom is -0.491 e. The molecule has 2 aliphatic rings. The molecule has 0 saturated carbocycles. The van der Waals surface area contributed by atoms with E-state index >= 15 is 0 Å². The minimum absolute atomic E-state index is 0.0546. The molecule has 32 heavy (non-hydrogen) atoms. The Morgan fingerprint density at radius 2 is 1.75 bits per heavy atom. The number of rotatable bonds is 7. The van der Waals surface area contributed by atoms with Crippen molar-refractivity contribution in [2.24, 2.45) is 0 Å². The molecule has 164 valence electrons. The Morgan fingerprint density at radius 3 is 2.53 bits per heavy atom. The smallest absolute Gasteiger partial charge is 0.257 e. The lowest BCUT2D eigenvalue weighted by atomic mass is 10.0. The van der Waals surface area contributed by atoms with E-state index in [1.807, 2.05) is 71.6 Å². The highest BCUT2D eigenvalue weighted by Crippen LogP contribution is 2.33. The summed E-state index contributed by atoms with van der Waals surface area (Å²) in [5.41, 5.74) is 3.84. The van der Waals surface area contributed by atoms with Crippen LogP contribution < -0.4 is 10.1 Å². The van der Waals surface area contributed by atoms with Gasteiger partial charge in [0.05, 0.1) is 11.7 Å². The number of para-hydroxylation sites is 1. The summed E-state index contributed by atoms with van der Waals surface area (Å²) in [5, 5.41) is 3.57. The first-order chi connectivity index (χ1) is 15.8. The van der Waals surface area contributed by atoms with Gasteiger partial charge in [0.2, 0.25) is 0 Å². The normalized spacial score (nSPS) is 20.0. The molecule has 1 fully saturated rings. The summed E-state index contributed by atoms with van der Waals surface area (Å²) < 4.78 is 11.6. The van der Waals surface area contributed by atoms with Gasteiger partial charge in [0, 0.05) is 18.8 Å². The highest BCUT2D eigenvalue weighted by atomic mass is 16.5. The van der Waals surface area contributed by atoms with Gasteiger partial charge in [-0.05, 0) is 54.7 Å². The first-order valence-electron chi connectivity index (χ1n) is 11.3. The minimum atomic E-state index is -0.228. The van der Waals surface area contributed by atoms with E-state index in [0.717, 1.165) is 42.9 Å². The number of fused-ring (bicyclic) bond motifs is 1. The van der Waals surface area contributed by atoms with Crippen LogP contribution in [0.15, 0.2) is 78.9 Å². The van der Waals surface area contributed by atoms with Gasteiger partial charge in [-0.1, -0.05) is 54.6 Å². The van der Waals surface area contributed by atoms with Crippen molar-refractivity contribution in [3.05, 3.63) is 95.6 Å². The fourth-order valence-corrected chi connectivity index (χ4v) is 4.39. The van der Waals surface area contributed by atoms with Crippen LogP contribution in [-0.4, -0.2) is 36.7 Å². The van der Waals surface area contributed by atoms with Gasteiger partial charge in [-0.25, -0.2) is 0 Å². The Balaban J connectivity index is 1.35. The van der Waals surface area contributed by atoms with Crippen LogP contribution in [0.5, 0.6) is 5.75 Å². The molecule has 1 amide bonds. The molecular formula is C27H28N2O3. The summed E-state index contributed by atoms with van der Waals surface area (Å²) in [5.74, 6) is 0.876. The van der Waals surface area contributed by atoms with Gasteiger partial charge in [-0.15, -0.1) is 0 Å². The zero-order valence-electron chi connectivity index (χ0n) is 18.1. The third-order valence-electron chi connectivity index (χ3n) is 6.16. The molecule has 0 aromatic heterocycles. The number of amides is 1. The Hall–Kier alpha value is -3.31. The van der Waals surface area contributed by atoms with Crippen molar-refractivity contribution in [1.29, 1.82) is 0 Å². The van der Waals surface area contributed by atoms with Crippen molar-refractivity contribution in [3.8, 4) is 5.75 Å². The molecule has 5 nitrogen and oxygen atoms in total.